The first-order chi connectivity index (χ1) is 12.6. The second-order valence-corrected chi connectivity index (χ2v) is 7.76. The molecule has 27 heavy (non-hydrogen) atoms. The third-order valence-corrected chi connectivity index (χ3v) is 4.25. The van der Waals surface area contributed by atoms with Crippen molar-refractivity contribution in [2.45, 2.75) is 13.8 Å². The van der Waals surface area contributed by atoms with Gasteiger partial charge in [0.2, 0.25) is 10.6 Å². The molecule has 0 radical (unpaired) electrons. The number of rotatable bonds is 4. The molecular weight excluding hydrogens is 542 g/mol. The minimum atomic E-state index is 0.163. The zero-order valence-corrected chi connectivity index (χ0v) is 20.2. The van der Waals surface area contributed by atoms with E-state index in [4.69, 9.17) is 40.5 Å². The van der Waals surface area contributed by atoms with Crippen LogP contribution in [-0.4, -0.2) is 32.4 Å². The van der Waals surface area contributed by atoms with Crippen molar-refractivity contribution in [1.29, 1.82) is 0 Å². The standard InChI is InChI=1S/C8H9BrClN3.C4H3BrClN3.C4H7Cl/c1-5(2)3-11-7-6(9)4-12-8(10)13-7;5-2-1-8-4(6)9-3(2)7;1-4(2)3-5/h4H,1,3H2,2H3,(H,11,12,13);1H,(H2,7,8,9);1,3H2,2H3. The number of nitrogens with one attached hydrogen (secondary N) is 1. The summed E-state index contributed by atoms with van der Waals surface area (Å²) in [6.07, 6.45) is 3.11. The fourth-order valence-electron chi connectivity index (χ4n) is 1.06. The summed E-state index contributed by atoms with van der Waals surface area (Å²) in [5.74, 6) is 1.62. The Labute approximate surface area is 190 Å². The van der Waals surface area contributed by atoms with Gasteiger partial charge in [-0.3, -0.25) is 0 Å². The summed E-state index contributed by atoms with van der Waals surface area (Å²) in [4.78, 5) is 15.1. The molecule has 0 atom stereocenters. The highest BCUT2D eigenvalue weighted by molar-refractivity contribution is 9.11. The predicted octanol–water partition coefficient (Wildman–Crippen LogP) is 6.16. The molecule has 0 fully saturated rings. The number of alkyl halides is 1. The number of nitrogens with zero attached hydrogens (tertiary/aromatic N) is 4. The fourth-order valence-corrected chi connectivity index (χ4v) is 1.86. The van der Waals surface area contributed by atoms with E-state index in [0.29, 0.717) is 28.5 Å². The molecule has 0 aliphatic carbocycles. The van der Waals surface area contributed by atoms with Gasteiger partial charge in [-0.1, -0.05) is 24.3 Å². The summed E-state index contributed by atoms with van der Waals surface area (Å²) in [6.45, 7) is 11.8. The summed E-state index contributed by atoms with van der Waals surface area (Å²) in [7, 11) is 0. The highest BCUT2D eigenvalue weighted by Crippen LogP contribution is 2.20. The van der Waals surface area contributed by atoms with Crippen LogP contribution in [0, 0.1) is 0 Å². The average Bonchev–Trinajstić information content (AvgIpc) is 2.60. The molecule has 2 aromatic rings. The number of allylic oxidation sites excluding steroid dienone is 1. The molecule has 0 aliphatic rings. The van der Waals surface area contributed by atoms with E-state index in [9.17, 15) is 0 Å². The summed E-state index contributed by atoms with van der Waals surface area (Å²) in [6, 6.07) is 0. The smallest absolute Gasteiger partial charge is 0.224 e. The van der Waals surface area contributed by atoms with Crippen LogP contribution < -0.4 is 11.1 Å². The maximum absolute atomic E-state index is 5.63. The molecule has 0 aliphatic heterocycles. The molecule has 0 bridgehead atoms. The van der Waals surface area contributed by atoms with Crippen molar-refractivity contribution in [2.75, 3.05) is 23.5 Å². The van der Waals surface area contributed by atoms with E-state index >= 15 is 0 Å². The van der Waals surface area contributed by atoms with Gasteiger partial charge in [-0.25, -0.2) is 9.97 Å². The molecule has 0 amide bonds. The fraction of sp³-hybridized carbons (Fsp3) is 0.250. The van der Waals surface area contributed by atoms with E-state index in [2.05, 4.69) is 70.3 Å². The normalized spacial score (nSPS) is 9.30. The van der Waals surface area contributed by atoms with Crippen molar-refractivity contribution in [3.63, 3.8) is 0 Å². The van der Waals surface area contributed by atoms with Gasteiger partial charge in [0.1, 0.15) is 11.6 Å². The lowest BCUT2D eigenvalue weighted by Crippen LogP contribution is -2.04. The molecule has 6 nitrogen and oxygen atoms in total. The number of aromatic nitrogens is 4. The Kier molecular flexibility index (Phi) is 13.6. The van der Waals surface area contributed by atoms with E-state index in [-0.39, 0.29) is 10.6 Å². The number of nitrogens with two attached hydrogens (primary N) is 1. The maximum atomic E-state index is 5.63. The van der Waals surface area contributed by atoms with Crippen LogP contribution in [-0.2, 0) is 0 Å². The highest BCUT2D eigenvalue weighted by atomic mass is 79.9. The van der Waals surface area contributed by atoms with E-state index in [1.807, 2.05) is 13.8 Å². The maximum Gasteiger partial charge on any atom is 0.224 e. The molecule has 2 rings (SSSR count). The van der Waals surface area contributed by atoms with Crippen LogP contribution in [0.3, 0.4) is 0 Å². The summed E-state index contributed by atoms with van der Waals surface area (Å²) in [5.41, 5.74) is 7.39. The monoisotopic (exact) mass is 558 g/mol. The molecule has 0 saturated heterocycles. The van der Waals surface area contributed by atoms with Gasteiger partial charge in [0.05, 0.1) is 8.95 Å². The van der Waals surface area contributed by atoms with Crippen LogP contribution in [0.4, 0.5) is 11.6 Å². The van der Waals surface area contributed by atoms with Crippen LogP contribution >= 0.6 is 66.7 Å². The van der Waals surface area contributed by atoms with Gasteiger partial charge in [-0.2, -0.15) is 9.97 Å². The second kappa shape index (κ2) is 14.1. The first-order valence-electron chi connectivity index (χ1n) is 7.27. The Hall–Kier alpha value is -0.930. The van der Waals surface area contributed by atoms with Crippen molar-refractivity contribution in [3.8, 4) is 0 Å². The zero-order valence-electron chi connectivity index (χ0n) is 14.7. The lowest BCUT2D eigenvalue weighted by molar-refractivity contribution is 1.10. The zero-order chi connectivity index (χ0) is 21.0. The average molecular weight is 562 g/mol. The topological polar surface area (TPSA) is 89.6 Å². The van der Waals surface area contributed by atoms with Gasteiger partial charge < -0.3 is 11.1 Å². The molecule has 0 aromatic carbocycles. The molecule has 3 N–H and O–H groups in total. The number of anilines is 2. The minimum Gasteiger partial charge on any atom is -0.383 e. The lowest BCUT2D eigenvalue weighted by Gasteiger charge is -2.06. The van der Waals surface area contributed by atoms with Gasteiger partial charge in [0.15, 0.2) is 0 Å². The summed E-state index contributed by atoms with van der Waals surface area (Å²) < 4.78 is 1.45. The molecular formula is C16H19Br2Cl3N6. The van der Waals surface area contributed by atoms with E-state index in [0.717, 1.165) is 15.6 Å². The number of hydrogen-bond acceptors (Lipinski definition) is 6. The summed E-state index contributed by atoms with van der Waals surface area (Å²) >= 11 is 22.7. The molecule has 0 spiro atoms. The number of hydrogen-bond donors (Lipinski definition) is 2. The Morgan fingerprint density at radius 1 is 1.04 bits per heavy atom. The molecule has 0 saturated carbocycles. The van der Waals surface area contributed by atoms with Crippen molar-refractivity contribution < 1.29 is 0 Å². The molecule has 2 heterocycles. The van der Waals surface area contributed by atoms with Crippen LogP contribution in [0.15, 0.2) is 45.6 Å². The second-order valence-electron chi connectivity index (χ2n) is 5.11. The quantitative estimate of drug-likeness (QED) is 0.264. The lowest BCUT2D eigenvalue weighted by atomic mass is 10.3. The van der Waals surface area contributed by atoms with Gasteiger partial charge >= 0.3 is 0 Å². The Morgan fingerprint density at radius 3 is 1.93 bits per heavy atom. The van der Waals surface area contributed by atoms with Gasteiger partial charge in [0, 0.05) is 24.8 Å². The third-order valence-electron chi connectivity index (χ3n) is 2.24. The van der Waals surface area contributed by atoms with E-state index < -0.39 is 0 Å². The van der Waals surface area contributed by atoms with Gasteiger partial charge in [0.25, 0.3) is 0 Å². The van der Waals surface area contributed by atoms with Crippen molar-refractivity contribution >= 4 is 78.3 Å². The molecule has 0 unspecified atom stereocenters. The Bertz CT molecular complexity index is 774. The first kappa shape index (κ1) is 26.1. The number of halogens is 5. The van der Waals surface area contributed by atoms with Crippen molar-refractivity contribution in [3.05, 3.63) is 56.2 Å². The van der Waals surface area contributed by atoms with Crippen LogP contribution in [0.2, 0.25) is 10.6 Å². The highest BCUT2D eigenvalue weighted by Gasteiger charge is 2.02. The Morgan fingerprint density at radius 2 is 1.52 bits per heavy atom. The SMILES string of the molecule is C=C(C)CCl.C=C(C)CNc1nc(Cl)ncc1Br.Nc1nc(Cl)ncc1Br. The van der Waals surface area contributed by atoms with E-state index in [1.54, 1.807) is 6.20 Å². The van der Waals surface area contributed by atoms with Crippen LogP contribution in [0.25, 0.3) is 0 Å². The molecule has 2 aromatic heterocycles. The minimum absolute atomic E-state index is 0.163. The molecule has 11 heteroatoms. The largest absolute Gasteiger partial charge is 0.383 e. The molecule has 148 valence electrons. The number of nitrogen functional groups attached to an aromatic ring is 1. The van der Waals surface area contributed by atoms with Crippen LogP contribution in [0.5, 0.6) is 0 Å². The van der Waals surface area contributed by atoms with Crippen molar-refractivity contribution in [2.24, 2.45) is 0 Å². The third kappa shape index (κ3) is 13.0. The van der Waals surface area contributed by atoms with Crippen molar-refractivity contribution in [1.82, 2.24) is 19.9 Å². The predicted molar refractivity (Wildman–Crippen MR) is 123 cm³/mol. The van der Waals surface area contributed by atoms with Crippen LogP contribution in [0.1, 0.15) is 13.8 Å². The summed E-state index contributed by atoms with van der Waals surface area (Å²) in [5, 5.41) is 3.46. The Balaban J connectivity index is 0.000000419. The van der Waals surface area contributed by atoms with Gasteiger partial charge in [-0.15, -0.1) is 11.6 Å². The van der Waals surface area contributed by atoms with Gasteiger partial charge in [-0.05, 0) is 68.9 Å². The van der Waals surface area contributed by atoms with E-state index in [1.165, 1.54) is 6.20 Å². The first-order valence-corrected chi connectivity index (χ1v) is 10.1.